The van der Waals surface area contributed by atoms with Crippen molar-refractivity contribution in [2.75, 3.05) is 7.11 Å². The van der Waals surface area contributed by atoms with E-state index in [2.05, 4.69) is 10.2 Å². The van der Waals surface area contributed by atoms with Crippen LogP contribution < -0.4 is 4.74 Å². The van der Waals surface area contributed by atoms with Crippen molar-refractivity contribution in [3.8, 4) is 22.8 Å². The molecule has 0 aliphatic heterocycles. The number of aromatic carboxylic acids is 1. The number of aromatic hydroxyl groups is 1. The van der Waals surface area contributed by atoms with Gasteiger partial charge in [0.15, 0.2) is 0 Å². The van der Waals surface area contributed by atoms with Crippen LogP contribution in [-0.2, 0) is 0 Å². The minimum atomic E-state index is -1.10. The predicted molar refractivity (Wildman–Crippen MR) is 63.9 cm³/mol. The summed E-state index contributed by atoms with van der Waals surface area (Å²) < 4.78 is 5.08. The smallest absolute Gasteiger partial charge is 0.353 e. The summed E-state index contributed by atoms with van der Waals surface area (Å²) in [5.74, 6) is -0.551. The lowest BCUT2D eigenvalue weighted by Crippen LogP contribution is -1.95. The second kappa shape index (κ2) is 4.40. The van der Waals surface area contributed by atoms with Crippen LogP contribution in [0.5, 0.6) is 11.5 Å². The average Bonchev–Trinajstić information content (AvgIpc) is 2.81. The fourth-order valence-electron chi connectivity index (χ4n) is 1.67. The molecule has 0 bridgehead atoms. The van der Waals surface area contributed by atoms with Crippen molar-refractivity contribution in [2.45, 2.75) is 6.92 Å². The third kappa shape index (κ3) is 2.00. The topological polar surface area (TPSA) is 95.4 Å². The van der Waals surface area contributed by atoms with Gasteiger partial charge in [-0.3, -0.25) is 5.10 Å². The second-order valence-corrected chi connectivity index (χ2v) is 3.81. The van der Waals surface area contributed by atoms with E-state index in [1.807, 2.05) is 6.92 Å². The number of carboxylic acid groups (broad SMARTS) is 1. The van der Waals surface area contributed by atoms with Crippen LogP contribution in [0.25, 0.3) is 11.3 Å². The van der Waals surface area contributed by atoms with Crippen LogP contribution in [0.4, 0.5) is 0 Å². The molecule has 0 saturated carbocycles. The monoisotopic (exact) mass is 248 g/mol. The summed E-state index contributed by atoms with van der Waals surface area (Å²) in [5, 5.41) is 24.9. The van der Waals surface area contributed by atoms with Crippen LogP contribution >= 0.6 is 0 Å². The van der Waals surface area contributed by atoms with Crippen molar-refractivity contribution >= 4 is 5.97 Å². The number of rotatable bonds is 3. The van der Waals surface area contributed by atoms with Crippen molar-refractivity contribution in [3.63, 3.8) is 0 Å². The van der Waals surface area contributed by atoms with Gasteiger partial charge in [-0.05, 0) is 24.6 Å². The molecule has 0 atom stereocenters. The molecule has 0 aliphatic carbocycles. The summed E-state index contributed by atoms with van der Waals surface area (Å²) in [5.41, 5.74) is 1.62. The zero-order valence-electron chi connectivity index (χ0n) is 9.89. The molecule has 0 radical (unpaired) electrons. The van der Waals surface area contributed by atoms with Gasteiger partial charge in [0.1, 0.15) is 17.2 Å². The first-order valence-electron chi connectivity index (χ1n) is 5.19. The second-order valence-electron chi connectivity index (χ2n) is 3.81. The number of benzene rings is 1. The fourth-order valence-corrected chi connectivity index (χ4v) is 1.67. The van der Waals surface area contributed by atoms with Gasteiger partial charge in [-0.2, -0.15) is 5.10 Å². The number of phenols is 1. The highest BCUT2D eigenvalue weighted by Gasteiger charge is 2.14. The number of carbonyl (C=O) groups is 1. The molecule has 1 heterocycles. The minimum Gasteiger partial charge on any atom is -0.507 e. The van der Waals surface area contributed by atoms with E-state index < -0.39 is 5.97 Å². The van der Waals surface area contributed by atoms with Crippen LogP contribution in [0.1, 0.15) is 16.1 Å². The molecule has 18 heavy (non-hydrogen) atoms. The number of hydrogen-bond acceptors (Lipinski definition) is 4. The number of phenolic OH excluding ortho intramolecular Hbond substituents is 1. The predicted octanol–water partition coefficient (Wildman–Crippen LogP) is 1.80. The summed E-state index contributed by atoms with van der Waals surface area (Å²) in [4.78, 5) is 10.7. The molecule has 2 rings (SSSR count). The van der Waals surface area contributed by atoms with Crippen LogP contribution in [0.2, 0.25) is 0 Å². The number of nitrogens with zero attached hydrogens (tertiary/aromatic N) is 1. The molecule has 0 fully saturated rings. The number of aromatic amines is 1. The largest absolute Gasteiger partial charge is 0.507 e. The molecule has 6 heteroatoms. The Morgan fingerprint density at radius 2 is 2.11 bits per heavy atom. The van der Waals surface area contributed by atoms with E-state index in [4.69, 9.17) is 9.84 Å². The van der Waals surface area contributed by atoms with Crippen molar-refractivity contribution in [3.05, 3.63) is 29.5 Å². The van der Waals surface area contributed by atoms with Gasteiger partial charge in [0.2, 0.25) is 0 Å². The highest BCUT2D eigenvalue weighted by Crippen LogP contribution is 2.34. The molecule has 0 spiro atoms. The Kier molecular flexibility index (Phi) is 2.93. The number of methoxy groups -OCH3 is 1. The first kappa shape index (κ1) is 12.0. The van der Waals surface area contributed by atoms with Gasteiger partial charge in [0.05, 0.1) is 12.8 Å². The third-order valence-corrected chi connectivity index (χ3v) is 2.60. The van der Waals surface area contributed by atoms with E-state index >= 15 is 0 Å². The average molecular weight is 248 g/mol. The van der Waals surface area contributed by atoms with Crippen molar-refractivity contribution < 1.29 is 19.7 Å². The van der Waals surface area contributed by atoms with E-state index in [0.717, 1.165) is 5.56 Å². The Morgan fingerprint density at radius 3 is 2.67 bits per heavy atom. The highest BCUT2D eigenvalue weighted by molar-refractivity contribution is 5.87. The lowest BCUT2D eigenvalue weighted by atomic mass is 10.1. The standard InChI is InChI=1S/C12H12N2O4/c1-6-3-7(10(15)5-11(6)18-2)8-4-9(12(16)17)14-13-8/h3-5,15H,1-2H3,(H,13,14)(H,16,17). The van der Waals surface area contributed by atoms with Gasteiger partial charge in [-0.25, -0.2) is 4.79 Å². The molecule has 0 aliphatic rings. The molecular weight excluding hydrogens is 236 g/mol. The van der Waals surface area contributed by atoms with E-state index in [1.54, 1.807) is 6.07 Å². The summed E-state index contributed by atoms with van der Waals surface area (Å²) in [7, 11) is 1.51. The van der Waals surface area contributed by atoms with Gasteiger partial charge in [0, 0.05) is 11.6 Å². The van der Waals surface area contributed by atoms with E-state index in [9.17, 15) is 9.90 Å². The summed E-state index contributed by atoms with van der Waals surface area (Å²) >= 11 is 0. The molecule has 2 aromatic rings. The summed E-state index contributed by atoms with van der Waals surface area (Å²) in [6.45, 7) is 1.83. The Morgan fingerprint density at radius 1 is 1.39 bits per heavy atom. The fraction of sp³-hybridized carbons (Fsp3) is 0.167. The Labute approximate surface area is 103 Å². The number of aromatic nitrogens is 2. The minimum absolute atomic E-state index is 0.0131. The maximum atomic E-state index is 10.7. The van der Waals surface area contributed by atoms with Crippen molar-refractivity contribution in [2.24, 2.45) is 0 Å². The van der Waals surface area contributed by atoms with E-state index in [-0.39, 0.29) is 11.4 Å². The number of aryl methyl sites for hydroxylation is 1. The number of ether oxygens (including phenoxy) is 1. The van der Waals surface area contributed by atoms with E-state index in [0.29, 0.717) is 17.0 Å². The molecule has 0 unspecified atom stereocenters. The molecule has 6 nitrogen and oxygen atoms in total. The molecule has 3 N–H and O–H groups in total. The van der Waals surface area contributed by atoms with Crippen molar-refractivity contribution in [1.82, 2.24) is 10.2 Å². The van der Waals surface area contributed by atoms with Gasteiger partial charge >= 0.3 is 5.97 Å². The summed E-state index contributed by atoms with van der Waals surface area (Å²) in [6.07, 6.45) is 0. The molecule has 1 aromatic heterocycles. The van der Waals surface area contributed by atoms with Gasteiger partial charge in [-0.15, -0.1) is 0 Å². The van der Waals surface area contributed by atoms with E-state index in [1.165, 1.54) is 19.2 Å². The van der Waals surface area contributed by atoms with Crippen LogP contribution in [0, 0.1) is 6.92 Å². The number of hydrogen-bond donors (Lipinski definition) is 3. The lowest BCUT2D eigenvalue weighted by molar-refractivity contribution is 0.0690. The van der Waals surface area contributed by atoms with Crippen molar-refractivity contribution in [1.29, 1.82) is 0 Å². The van der Waals surface area contributed by atoms with Crippen LogP contribution in [0.3, 0.4) is 0 Å². The molecule has 1 aromatic carbocycles. The lowest BCUT2D eigenvalue weighted by Gasteiger charge is -2.08. The molecule has 94 valence electrons. The maximum absolute atomic E-state index is 10.7. The molecule has 0 amide bonds. The van der Waals surface area contributed by atoms with Gasteiger partial charge in [0.25, 0.3) is 0 Å². The zero-order chi connectivity index (χ0) is 13.3. The summed E-state index contributed by atoms with van der Waals surface area (Å²) in [6, 6.07) is 4.53. The van der Waals surface area contributed by atoms with Crippen LogP contribution in [-0.4, -0.2) is 33.5 Å². The Bertz CT molecular complexity index is 604. The third-order valence-electron chi connectivity index (χ3n) is 2.60. The van der Waals surface area contributed by atoms with Gasteiger partial charge in [-0.1, -0.05) is 0 Å². The number of nitrogens with one attached hydrogen (secondary N) is 1. The SMILES string of the molecule is COc1cc(O)c(-c2cc(C(=O)O)[nH]n2)cc1C. The number of carboxylic acids is 1. The maximum Gasteiger partial charge on any atom is 0.353 e. The Hall–Kier alpha value is -2.50. The molecular formula is C12H12N2O4. The zero-order valence-corrected chi connectivity index (χ0v) is 9.89. The quantitative estimate of drug-likeness (QED) is 0.769. The highest BCUT2D eigenvalue weighted by atomic mass is 16.5. The first-order chi connectivity index (χ1) is 8.52. The van der Waals surface area contributed by atoms with Crippen LogP contribution in [0.15, 0.2) is 18.2 Å². The van der Waals surface area contributed by atoms with Gasteiger partial charge < -0.3 is 14.9 Å². The first-order valence-corrected chi connectivity index (χ1v) is 5.19. The number of H-pyrrole nitrogens is 1. The Balaban J connectivity index is 2.50. The normalized spacial score (nSPS) is 10.3. The molecule has 0 saturated heterocycles.